The molecule has 0 fully saturated rings. The minimum Gasteiger partial charge on any atom is -0.493 e. The fraction of sp³-hybridized carbons (Fsp3) is 0.250. The SMILES string of the molecule is Fc1cc(Cl)ccc1CNCc1cc(Br)cc2c1OCC2. The van der Waals surface area contributed by atoms with Crippen molar-refractivity contribution in [1.29, 1.82) is 0 Å². The summed E-state index contributed by atoms with van der Waals surface area (Å²) in [5.74, 6) is 0.674. The first-order chi connectivity index (χ1) is 10.1. The highest BCUT2D eigenvalue weighted by Gasteiger charge is 2.17. The van der Waals surface area contributed by atoms with Crippen LogP contribution in [0.4, 0.5) is 4.39 Å². The van der Waals surface area contributed by atoms with E-state index < -0.39 is 0 Å². The summed E-state index contributed by atoms with van der Waals surface area (Å²) in [4.78, 5) is 0. The predicted octanol–water partition coefficient (Wildman–Crippen LogP) is 4.47. The van der Waals surface area contributed by atoms with Gasteiger partial charge in [-0.1, -0.05) is 33.6 Å². The molecule has 0 spiro atoms. The van der Waals surface area contributed by atoms with E-state index in [4.69, 9.17) is 16.3 Å². The number of nitrogens with one attached hydrogen (secondary N) is 1. The van der Waals surface area contributed by atoms with Crippen molar-refractivity contribution in [3.05, 3.63) is 62.3 Å². The Morgan fingerprint density at radius 3 is 2.81 bits per heavy atom. The summed E-state index contributed by atoms with van der Waals surface area (Å²) in [5, 5.41) is 3.66. The van der Waals surface area contributed by atoms with Gasteiger partial charge in [0.05, 0.1) is 6.61 Å². The monoisotopic (exact) mass is 369 g/mol. The van der Waals surface area contributed by atoms with Crippen molar-refractivity contribution in [3.8, 4) is 5.75 Å². The van der Waals surface area contributed by atoms with Gasteiger partial charge in [-0.2, -0.15) is 0 Å². The lowest BCUT2D eigenvalue weighted by Gasteiger charge is -2.11. The second kappa shape index (κ2) is 6.34. The standard InChI is InChI=1S/C16H14BrClFNO/c17-13-5-10-3-4-21-16(10)12(6-13)9-20-8-11-1-2-14(18)7-15(11)19/h1-2,5-7,20H,3-4,8-9H2. The highest BCUT2D eigenvalue weighted by molar-refractivity contribution is 9.10. The average Bonchev–Trinajstić information content (AvgIpc) is 2.89. The normalized spacial score (nSPS) is 13.1. The quantitative estimate of drug-likeness (QED) is 0.857. The molecule has 2 aromatic carbocycles. The lowest BCUT2D eigenvalue weighted by atomic mass is 10.1. The van der Waals surface area contributed by atoms with Crippen LogP contribution in [-0.2, 0) is 19.5 Å². The Hall–Kier alpha value is -1.10. The zero-order chi connectivity index (χ0) is 14.8. The van der Waals surface area contributed by atoms with Gasteiger partial charge in [0.15, 0.2) is 0 Å². The van der Waals surface area contributed by atoms with Crippen LogP contribution in [0, 0.1) is 5.82 Å². The molecule has 1 N–H and O–H groups in total. The molecule has 0 atom stereocenters. The third-order valence-electron chi connectivity index (χ3n) is 3.47. The Morgan fingerprint density at radius 1 is 1.19 bits per heavy atom. The molecule has 1 heterocycles. The summed E-state index contributed by atoms with van der Waals surface area (Å²) in [5.41, 5.74) is 2.91. The molecule has 0 aromatic heterocycles. The molecule has 1 aliphatic heterocycles. The summed E-state index contributed by atoms with van der Waals surface area (Å²) < 4.78 is 20.4. The maximum Gasteiger partial charge on any atom is 0.129 e. The highest BCUT2D eigenvalue weighted by Crippen LogP contribution is 2.32. The van der Waals surface area contributed by atoms with Gasteiger partial charge >= 0.3 is 0 Å². The zero-order valence-electron chi connectivity index (χ0n) is 11.3. The van der Waals surface area contributed by atoms with Crippen molar-refractivity contribution in [2.45, 2.75) is 19.5 Å². The van der Waals surface area contributed by atoms with Gasteiger partial charge in [0.1, 0.15) is 11.6 Å². The molecule has 0 radical (unpaired) electrons. The maximum absolute atomic E-state index is 13.7. The molecule has 0 unspecified atom stereocenters. The van der Waals surface area contributed by atoms with Crippen molar-refractivity contribution in [2.24, 2.45) is 0 Å². The molecule has 0 aliphatic carbocycles. The van der Waals surface area contributed by atoms with E-state index in [1.165, 1.54) is 11.6 Å². The van der Waals surface area contributed by atoms with E-state index in [1.807, 2.05) is 6.07 Å². The van der Waals surface area contributed by atoms with Crippen LogP contribution in [0.2, 0.25) is 5.02 Å². The van der Waals surface area contributed by atoms with E-state index in [0.29, 0.717) is 23.7 Å². The van der Waals surface area contributed by atoms with Gasteiger partial charge in [0, 0.05) is 40.1 Å². The van der Waals surface area contributed by atoms with E-state index in [-0.39, 0.29) is 5.82 Å². The minimum atomic E-state index is -0.286. The smallest absolute Gasteiger partial charge is 0.129 e. The predicted molar refractivity (Wildman–Crippen MR) is 85.3 cm³/mol. The lowest BCUT2D eigenvalue weighted by molar-refractivity contribution is 0.352. The fourth-order valence-electron chi connectivity index (χ4n) is 2.47. The first-order valence-corrected chi connectivity index (χ1v) is 7.89. The van der Waals surface area contributed by atoms with Gasteiger partial charge in [-0.25, -0.2) is 4.39 Å². The minimum absolute atomic E-state index is 0.286. The summed E-state index contributed by atoms with van der Waals surface area (Å²) in [7, 11) is 0. The van der Waals surface area contributed by atoms with E-state index in [0.717, 1.165) is 28.8 Å². The van der Waals surface area contributed by atoms with Crippen molar-refractivity contribution in [3.63, 3.8) is 0 Å². The Labute approximate surface area is 136 Å². The topological polar surface area (TPSA) is 21.3 Å². The van der Waals surface area contributed by atoms with Crippen LogP contribution >= 0.6 is 27.5 Å². The summed E-state index contributed by atoms with van der Waals surface area (Å²) in [6.07, 6.45) is 0.938. The summed E-state index contributed by atoms with van der Waals surface area (Å²) in [6, 6.07) is 8.85. The second-order valence-electron chi connectivity index (χ2n) is 4.99. The summed E-state index contributed by atoms with van der Waals surface area (Å²) in [6.45, 7) is 1.80. The van der Waals surface area contributed by atoms with Crippen LogP contribution < -0.4 is 10.1 Å². The number of ether oxygens (including phenoxy) is 1. The van der Waals surface area contributed by atoms with E-state index in [2.05, 4.69) is 27.3 Å². The molecule has 2 aromatic rings. The van der Waals surface area contributed by atoms with E-state index >= 15 is 0 Å². The molecule has 21 heavy (non-hydrogen) atoms. The number of hydrogen-bond acceptors (Lipinski definition) is 2. The van der Waals surface area contributed by atoms with Gasteiger partial charge < -0.3 is 10.1 Å². The Kier molecular flexibility index (Phi) is 4.48. The fourth-order valence-corrected chi connectivity index (χ4v) is 3.19. The number of rotatable bonds is 4. The van der Waals surface area contributed by atoms with Crippen LogP contribution in [0.5, 0.6) is 5.75 Å². The van der Waals surface area contributed by atoms with Crippen molar-refractivity contribution < 1.29 is 9.13 Å². The molecule has 3 rings (SSSR count). The van der Waals surface area contributed by atoms with Gasteiger partial charge in [0.2, 0.25) is 0 Å². The van der Waals surface area contributed by atoms with Crippen molar-refractivity contribution in [2.75, 3.05) is 6.61 Å². The maximum atomic E-state index is 13.7. The Bertz CT molecular complexity index is 678. The molecule has 2 nitrogen and oxygen atoms in total. The largest absolute Gasteiger partial charge is 0.493 e. The molecule has 5 heteroatoms. The highest BCUT2D eigenvalue weighted by atomic mass is 79.9. The zero-order valence-corrected chi connectivity index (χ0v) is 13.6. The number of fused-ring (bicyclic) bond motifs is 1. The van der Waals surface area contributed by atoms with Gasteiger partial charge in [-0.05, 0) is 29.8 Å². The summed E-state index contributed by atoms with van der Waals surface area (Å²) >= 11 is 9.26. The second-order valence-corrected chi connectivity index (χ2v) is 6.34. The molecule has 0 saturated carbocycles. The van der Waals surface area contributed by atoms with Crippen LogP contribution in [0.25, 0.3) is 0 Å². The van der Waals surface area contributed by atoms with Crippen molar-refractivity contribution >= 4 is 27.5 Å². The molecule has 0 amide bonds. The molecule has 110 valence electrons. The molecular weight excluding hydrogens is 357 g/mol. The van der Waals surface area contributed by atoms with E-state index in [1.54, 1.807) is 12.1 Å². The van der Waals surface area contributed by atoms with Crippen LogP contribution in [0.1, 0.15) is 16.7 Å². The number of benzene rings is 2. The number of hydrogen-bond donors (Lipinski definition) is 1. The van der Waals surface area contributed by atoms with Crippen molar-refractivity contribution in [1.82, 2.24) is 5.32 Å². The average molecular weight is 371 g/mol. The number of halogens is 3. The molecule has 1 aliphatic rings. The lowest BCUT2D eigenvalue weighted by Crippen LogP contribution is -2.14. The Morgan fingerprint density at radius 2 is 2.00 bits per heavy atom. The molecule has 0 bridgehead atoms. The first kappa shape index (κ1) is 14.8. The third-order valence-corrected chi connectivity index (χ3v) is 4.16. The van der Waals surface area contributed by atoms with Crippen LogP contribution in [0.3, 0.4) is 0 Å². The first-order valence-electron chi connectivity index (χ1n) is 6.72. The molecular formula is C16H14BrClFNO. The van der Waals surface area contributed by atoms with E-state index in [9.17, 15) is 4.39 Å². The van der Waals surface area contributed by atoms with Gasteiger partial charge in [-0.15, -0.1) is 0 Å². The van der Waals surface area contributed by atoms with Crippen LogP contribution in [0.15, 0.2) is 34.8 Å². The van der Waals surface area contributed by atoms with Gasteiger partial charge in [0.25, 0.3) is 0 Å². The van der Waals surface area contributed by atoms with Gasteiger partial charge in [-0.3, -0.25) is 0 Å². The third kappa shape index (κ3) is 3.39. The Balaban J connectivity index is 1.68. The molecule has 0 saturated heterocycles. The van der Waals surface area contributed by atoms with Crippen LogP contribution in [-0.4, -0.2) is 6.61 Å².